The van der Waals surface area contributed by atoms with Gasteiger partial charge in [-0.2, -0.15) is 0 Å². The second kappa shape index (κ2) is 3.21. The zero-order valence-electron chi connectivity index (χ0n) is 8.60. The molecule has 2 bridgehead atoms. The van der Waals surface area contributed by atoms with Crippen LogP contribution in [0, 0.1) is 35.5 Å². The maximum absolute atomic E-state index is 9.28. The van der Waals surface area contributed by atoms with Gasteiger partial charge in [0.1, 0.15) is 0 Å². The zero-order valence-corrected chi connectivity index (χ0v) is 8.60. The van der Waals surface area contributed by atoms with E-state index in [1.807, 2.05) is 0 Å². The molecule has 80 valence electrons. The number of aliphatic hydroxyl groups is 2. The average molecular weight is 196 g/mol. The summed E-state index contributed by atoms with van der Waals surface area (Å²) in [5.74, 6) is 4.61. The molecule has 3 rings (SSSR count). The van der Waals surface area contributed by atoms with Gasteiger partial charge in [-0.05, 0) is 61.2 Å². The molecule has 3 fully saturated rings. The highest BCUT2D eigenvalue weighted by atomic mass is 16.3. The molecule has 2 N–H and O–H groups in total. The number of fused-ring (bicyclic) bond motifs is 5. The first kappa shape index (κ1) is 9.17. The van der Waals surface area contributed by atoms with E-state index in [0.717, 1.165) is 23.7 Å². The normalized spacial score (nSPS) is 55.3. The van der Waals surface area contributed by atoms with Crippen LogP contribution in [0.15, 0.2) is 0 Å². The van der Waals surface area contributed by atoms with Crippen LogP contribution in [0.25, 0.3) is 0 Å². The Morgan fingerprint density at radius 2 is 1.57 bits per heavy atom. The molecule has 0 aliphatic heterocycles. The van der Waals surface area contributed by atoms with Gasteiger partial charge in [-0.25, -0.2) is 0 Å². The van der Waals surface area contributed by atoms with Gasteiger partial charge in [0, 0.05) is 13.2 Å². The summed E-state index contributed by atoms with van der Waals surface area (Å²) in [7, 11) is 0. The second-order valence-electron chi connectivity index (χ2n) is 5.69. The third-order valence-electron chi connectivity index (χ3n) is 5.20. The summed E-state index contributed by atoms with van der Waals surface area (Å²) < 4.78 is 0. The molecule has 0 radical (unpaired) electrons. The van der Waals surface area contributed by atoms with E-state index in [1.54, 1.807) is 0 Å². The van der Waals surface area contributed by atoms with Crippen molar-refractivity contribution in [3.63, 3.8) is 0 Å². The molecule has 2 heteroatoms. The largest absolute Gasteiger partial charge is 0.396 e. The fourth-order valence-electron chi connectivity index (χ4n) is 4.68. The van der Waals surface area contributed by atoms with Gasteiger partial charge in [-0.3, -0.25) is 0 Å². The van der Waals surface area contributed by atoms with Gasteiger partial charge in [-0.1, -0.05) is 0 Å². The second-order valence-corrected chi connectivity index (χ2v) is 5.69. The van der Waals surface area contributed by atoms with Crippen molar-refractivity contribution in [1.82, 2.24) is 0 Å². The minimum atomic E-state index is 0.385. The number of rotatable bonds is 2. The first-order valence-electron chi connectivity index (χ1n) is 6.05. The summed E-state index contributed by atoms with van der Waals surface area (Å²) in [4.78, 5) is 0. The van der Waals surface area contributed by atoms with E-state index in [9.17, 15) is 10.2 Å². The molecule has 2 nitrogen and oxygen atoms in total. The van der Waals surface area contributed by atoms with Gasteiger partial charge in [0.2, 0.25) is 0 Å². The minimum absolute atomic E-state index is 0.385. The van der Waals surface area contributed by atoms with Crippen molar-refractivity contribution < 1.29 is 10.2 Å². The van der Waals surface area contributed by atoms with Crippen molar-refractivity contribution in [1.29, 1.82) is 0 Å². The van der Waals surface area contributed by atoms with Crippen molar-refractivity contribution in [2.75, 3.05) is 13.2 Å². The Morgan fingerprint density at radius 3 is 2.29 bits per heavy atom. The highest BCUT2D eigenvalue weighted by molar-refractivity contribution is 5.04. The van der Waals surface area contributed by atoms with E-state index in [2.05, 4.69) is 0 Å². The molecule has 0 heterocycles. The lowest BCUT2D eigenvalue weighted by molar-refractivity contribution is 0.120. The minimum Gasteiger partial charge on any atom is -0.396 e. The summed E-state index contributed by atoms with van der Waals surface area (Å²) in [6.45, 7) is 0.782. The van der Waals surface area contributed by atoms with Crippen molar-refractivity contribution in [3.8, 4) is 0 Å². The lowest BCUT2D eigenvalue weighted by Crippen LogP contribution is -2.26. The molecule has 0 saturated heterocycles. The van der Waals surface area contributed by atoms with Crippen molar-refractivity contribution in [3.05, 3.63) is 0 Å². The fourth-order valence-corrected chi connectivity index (χ4v) is 4.68. The molecule has 3 aliphatic rings. The Labute approximate surface area is 85.3 Å². The quantitative estimate of drug-likeness (QED) is 0.698. The Morgan fingerprint density at radius 1 is 0.786 bits per heavy atom. The third kappa shape index (κ3) is 1.10. The highest BCUT2D eigenvalue weighted by Crippen LogP contribution is 2.61. The monoisotopic (exact) mass is 196 g/mol. The van der Waals surface area contributed by atoms with Crippen LogP contribution in [0.5, 0.6) is 0 Å². The molecular formula is C12H20O2. The maximum Gasteiger partial charge on any atom is 0.0462 e. The summed E-state index contributed by atoms with van der Waals surface area (Å²) in [6.07, 6.45) is 5.14. The van der Waals surface area contributed by atoms with Gasteiger partial charge in [0.15, 0.2) is 0 Å². The Bertz CT molecular complexity index is 226. The van der Waals surface area contributed by atoms with E-state index < -0.39 is 0 Å². The van der Waals surface area contributed by atoms with E-state index in [4.69, 9.17) is 0 Å². The Kier molecular flexibility index (Phi) is 2.10. The molecule has 0 spiro atoms. The first-order chi connectivity index (χ1) is 6.83. The van der Waals surface area contributed by atoms with Gasteiger partial charge in [-0.15, -0.1) is 0 Å². The molecule has 6 atom stereocenters. The van der Waals surface area contributed by atoms with Crippen molar-refractivity contribution in [2.24, 2.45) is 35.5 Å². The smallest absolute Gasteiger partial charge is 0.0462 e. The molecule has 0 unspecified atom stereocenters. The lowest BCUT2D eigenvalue weighted by atomic mass is 9.76. The van der Waals surface area contributed by atoms with Gasteiger partial charge >= 0.3 is 0 Å². The predicted molar refractivity (Wildman–Crippen MR) is 53.6 cm³/mol. The molecule has 0 aromatic carbocycles. The van der Waals surface area contributed by atoms with Gasteiger partial charge in [0.25, 0.3) is 0 Å². The van der Waals surface area contributed by atoms with Crippen LogP contribution in [0.4, 0.5) is 0 Å². The number of hydrogen-bond donors (Lipinski definition) is 2. The lowest BCUT2D eigenvalue weighted by Gasteiger charge is -2.30. The van der Waals surface area contributed by atoms with E-state index >= 15 is 0 Å². The fraction of sp³-hybridized carbons (Fsp3) is 1.00. The standard InChI is InChI=1S/C12H20O2/c13-5-7-1-10-8-3-9(6-14)11(4-8)12(10)2-7/h7-14H,1-6H2/t7-,8+,9-,10+,11+,12-/m1/s1. The van der Waals surface area contributed by atoms with Crippen LogP contribution in [0.2, 0.25) is 0 Å². The van der Waals surface area contributed by atoms with Crippen LogP contribution in [0.1, 0.15) is 25.7 Å². The SMILES string of the molecule is OC[C@H]1C[C@@H]2[C@@H](C1)[C@H]1C[C@H](CO)[C@@H]2C1. The molecule has 3 saturated carbocycles. The molecule has 3 aliphatic carbocycles. The van der Waals surface area contributed by atoms with Crippen LogP contribution >= 0.6 is 0 Å². The van der Waals surface area contributed by atoms with Crippen LogP contribution in [-0.4, -0.2) is 23.4 Å². The van der Waals surface area contributed by atoms with Crippen molar-refractivity contribution >= 4 is 0 Å². The average Bonchev–Trinajstić information content (AvgIpc) is 2.87. The van der Waals surface area contributed by atoms with E-state index in [0.29, 0.717) is 25.0 Å². The first-order valence-corrected chi connectivity index (χ1v) is 6.05. The van der Waals surface area contributed by atoms with E-state index in [-0.39, 0.29) is 0 Å². The van der Waals surface area contributed by atoms with Crippen molar-refractivity contribution in [2.45, 2.75) is 25.7 Å². The molecule has 0 aromatic heterocycles. The highest BCUT2D eigenvalue weighted by Gasteiger charge is 2.55. The Balaban J connectivity index is 1.75. The summed E-state index contributed by atoms with van der Waals surface area (Å²) in [6, 6.07) is 0. The molecule has 14 heavy (non-hydrogen) atoms. The zero-order chi connectivity index (χ0) is 9.71. The topological polar surface area (TPSA) is 40.5 Å². The van der Waals surface area contributed by atoms with Gasteiger partial charge in [0.05, 0.1) is 0 Å². The molecule has 0 amide bonds. The summed E-state index contributed by atoms with van der Waals surface area (Å²) in [5, 5.41) is 18.5. The summed E-state index contributed by atoms with van der Waals surface area (Å²) in [5.41, 5.74) is 0. The number of aliphatic hydroxyl groups excluding tert-OH is 2. The number of hydrogen-bond acceptors (Lipinski definition) is 2. The molecular weight excluding hydrogens is 176 g/mol. The van der Waals surface area contributed by atoms with Gasteiger partial charge < -0.3 is 10.2 Å². The summed E-state index contributed by atoms with van der Waals surface area (Å²) >= 11 is 0. The van der Waals surface area contributed by atoms with Crippen LogP contribution < -0.4 is 0 Å². The predicted octanol–water partition coefficient (Wildman–Crippen LogP) is 1.27. The maximum atomic E-state index is 9.28. The van der Waals surface area contributed by atoms with E-state index in [1.165, 1.54) is 25.7 Å². The molecule has 0 aromatic rings. The van der Waals surface area contributed by atoms with Crippen LogP contribution in [-0.2, 0) is 0 Å². The van der Waals surface area contributed by atoms with Crippen LogP contribution in [0.3, 0.4) is 0 Å². The Hall–Kier alpha value is -0.0800. The third-order valence-corrected chi connectivity index (χ3v) is 5.20.